The molecule has 16 heteroatoms. The van der Waals surface area contributed by atoms with Gasteiger partial charge in [0, 0.05) is 93.2 Å². The number of likely N-dealkylation sites (tertiary alicyclic amines) is 1. The number of nitrogens with zero attached hydrogens (tertiary/aromatic N) is 8. The molecule has 4 saturated heterocycles. The molecule has 0 aliphatic carbocycles. The van der Waals surface area contributed by atoms with Gasteiger partial charge in [0.2, 0.25) is 11.8 Å². The van der Waals surface area contributed by atoms with E-state index in [0.29, 0.717) is 54.8 Å². The van der Waals surface area contributed by atoms with Crippen LogP contribution in [0.5, 0.6) is 0 Å². The molecule has 8 heterocycles. The first kappa shape index (κ1) is 36.9. The molecule has 300 valence electrons. The van der Waals surface area contributed by atoms with Gasteiger partial charge >= 0.3 is 0 Å². The topological polar surface area (TPSA) is 158 Å². The van der Waals surface area contributed by atoms with Crippen LogP contribution >= 0.6 is 11.3 Å². The number of ether oxygens (including phenoxy) is 1. The third-order valence-electron chi connectivity index (χ3n) is 12.7. The van der Waals surface area contributed by atoms with Crippen LogP contribution in [0.3, 0.4) is 0 Å². The number of amides is 4. The number of morpholine rings is 1. The Morgan fingerprint density at radius 2 is 1.78 bits per heavy atom. The summed E-state index contributed by atoms with van der Waals surface area (Å²) in [5, 5.41) is 13.5. The predicted molar refractivity (Wildman–Crippen MR) is 220 cm³/mol. The summed E-state index contributed by atoms with van der Waals surface area (Å²) in [6, 6.07) is 10.0. The molecule has 10 rings (SSSR count). The molecule has 1 atom stereocenters. The van der Waals surface area contributed by atoms with E-state index in [1.165, 1.54) is 17.7 Å². The van der Waals surface area contributed by atoms with Crippen molar-refractivity contribution in [2.24, 2.45) is 5.92 Å². The van der Waals surface area contributed by atoms with Gasteiger partial charge in [-0.05, 0) is 67.9 Å². The molecule has 0 radical (unpaired) electrons. The molecule has 58 heavy (non-hydrogen) atoms. The van der Waals surface area contributed by atoms with Crippen LogP contribution in [0.2, 0.25) is 0 Å². The van der Waals surface area contributed by atoms with Crippen molar-refractivity contribution in [3.05, 3.63) is 71.1 Å². The number of nitrogens with one attached hydrogen (secondary N) is 2. The van der Waals surface area contributed by atoms with Gasteiger partial charge in [0.15, 0.2) is 0 Å². The molecule has 2 N–H and O–H groups in total. The van der Waals surface area contributed by atoms with Gasteiger partial charge in [-0.2, -0.15) is 5.10 Å². The number of thiophene rings is 1. The minimum atomic E-state index is -0.598. The second kappa shape index (κ2) is 15.4. The lowest BCUT2D eigenvalue weighted by Crippen LogP contribution is -2.52. The zero-order valence-corrected chi connectivity index (χ0v) is 33.1. The molecule has 15 nitrogen and oxygen atoms in total. The van der Waals surface area contributed by atoms with Crippen LogP contribution < -0.4 is 20.4 Å². The number of hydrogen-bond acceptors (Lipinski definition) is 12. The average Bonchev–Trinajstić information content (AvgIpc) is 3.96. The Hall–Kier alpha value is -5.45. The number of rotatable bonds is 8. The quantitative estimate of drug-likeness (QED) is 0.214. The zero-order chi connectivity index (χ0) is 39.3. The van der Waals surface area contributed by atoms with E-state index in [-0.39, 0.29) is 30.0 Å². The van der Waals surface area contributed by atoms with Gasteiger partial charge in [-0.15, -0.1) is 11.3 Å². The van der Waals surface area contributed by atoms with Crippen molar-refractivity contribution in [1.82, 2.24) is 34.9 Å². The lowest BCUT2D eigenvalue weighted by Gasteiger charge is -2.38. The number of imide groups is 1. The molecular weight excluding hydrogens is 757 g/mol. The molecule has 5 aliphatic heterocycles. The number of piperidine rings is 3. The Morgan fingerprint density at radius 3 is 2.59 bits per heavy atom. The maximum Gasteiger partial charge on any atom is 0.258 e. The highest BCUT2D eigenvalue weighted by atomic mass is 32.1. The van der Waals surface area contributed by atoms with E-state index < -0.39 is 6.04 Å². The summed E-state index contributed by atoms with van der Waals surface area (Å²) in [5.74, 6) is -0.355. The monoisotopic (exact) mass is 802 g/mol. The van der Waals surface area contributed by atoms with Gasteiger partial charge in [-0.1, -0.05) is 6.07 Å². The molecule has 5 aliphatic rings. The van der Waals surface area contributed by atoms with Crippen LogP contribution in [-0.4, -0.2) is 118 Å². The normalized spacial score (nSPS) is 21.3. The molecule has 4 amide bonds. The fraction of sp³-hybridized carbons (Fsp3) is 0.452. The summed E-state index contributed by atoms with van der Waals surface area (Å²) in [5.41, 5.74) is 6.49. The maximum absolute atomic E-state index is 13.6. The Labute approximate surface area is 339 Å². The van der Waals surface area contributed by atoms with Gasteiger partial charge < -0.3 is 29.7 Å². The summed E-state index contributed by atoms with van der Waals surface area (Å²) in [4.78, 5) is 68.5. The van der Waals surface area contributed by atoms with Crippen LogP contribution in [0.1, 0.15) is 70.8 Å². The number of carbonyl (C=O) groups is 4. The highest BCUT2D eigenvalue weighted by Gasteiger charge is 2.39. The summed E-state index contributed by atoms with van der Waals surface area (Å²) in [6.07, 6.45) is 10.2. The molecular formula is C42H46N10O5S. The highest BCUT2D eigenvalue weighted by molar-refractivity contribution is 7.17. The maximum atomic E-state index is 13.6. The van der Waals surface area contributed by atoms with Gasteiger partial charge in [0.25, 0.3) is 11.8 Å². The van der Waals surface area contributed by atoms with E-state index in [1.54, 1.807) is 11.1 Å². The molecule has 0 saturated carbocycles. The standard InChI is InChI=1S/C42H46N10O5S/c53-38-4-3-35(41(55)46-38)51-22-27-1-2-30(18-31(27)42(51)56)49-11-5-26(6-12-49)21-48-9-7-29(8-10-48)52-23-28-17-34(36(19-33(28)47-52)50-13-15-57-16-14-50)45-40(54)32-24-58-37-20-43-25-44-39(32)37/h1-2,17-20,23-26,29,35H,3-16,21-22H2,(H,45,54)(H,46,53,55). The number of carbonyl (C=O) groups excluding carboxylic acids is 4. The number of fused-ring (bicyclic) bond motifs is 3. The summed E-state index contributed by atoms with van der Waals surface area (Å²) < 4.78 is 8.67. The Bertz CT molecular complexity index is 2410. The third kappa shape index (κ3) is 7.06. The van der Waals surface area contributed by atoms with Gasteiger partial charge in [-0.3, -0.25) is 29.2 Å². The van der Waals surface area contributed by atoms with E-state index in [2.05, 4.69) is 64.4 Å². The van der Waals surface area contributed by atoms with E-state index >= 15 is 0 Å². The molecule has 0 bridgehead atoms. The van der Waals surface area contributed by atoms with Crippen molar-refractivity contribution in [3.8, 4) is 0 Å². The molecule has 2 aromatic carbocycles. The van der Waals surface area contributed by atoms with Crippen molar-refractivity contribution >= 4 is 73.1 Å². The van der Waals surface area contributed by atoms with E-state index in [0.717, 1.165) is 110 Å². The molecule has 0 spiro atoms. The van der Waals surface area contributed by atoms with E-state index in [9.17, 15) is 19.2 Å². The largest absolute Gasteiger partial charge is 0.378 e. The fourth-order valence-electron chi connectivity index (χ4n) is 9.41. The Balaban J connectivity index is 0.754. The molecule has 4 fully saturated rings. The molecule has 5 aromatic rings. The first-order valence-electron chi connectivity index (χ1n) is 20.4. The van der Waals surface area contributed by atoms with Crippen LogP contribution in [0, 0.1) is 5.92 Å². The van der Waals surface area contributed by atoms with Gasteiger partial charge in [0.05, 0.1) is 51.9 Å². The minimum absolute atomic E-state index is 0.126. The average molecular weight is 803 g/mol. The number of anilines is 3. The lowest BCUT2D eigenvalue weighted by atomic mass is 9.94. The molecule has 3 aromatic heterocycles. The predicted octanol–water partition coefficient (Wildman–Crippen LogP) is 4.44. The minimum Gasteiger partial charge on any atom is -0.378 e. The van der Waals surface area contributed by atoms with Crippen molar-refractivity contribution in [3.63, 3.8) is 0 Å². The van der Waals surface area contributed by atoms with Gasteiger partial charge in [0.1, 0.15) is 12.4 Å². The smallest absolute Gasteiger partial charge is 0.258 e. The first-order chi connectivity index (χ1) is 28.3. The van der Waals surface area contributed by atoms with Crippen LogP contribution in [0.25, 0.3) is 21.1 Å². The van der Waals surface area contributed by atoms with Gasteiger partial charge in [-0.25, -0.2) is 9.97 Å². The van der Waals surface area contributed by atoms with Crippen molar-refractivity contribution in [2.45, 2.75) is 57.2 Å². The summed E-state index contributed by atoms with van der Waals surface area (Å²) >= 11 is 1.47. The summed E-state index contributed by atoms with van der Waals surface area (Å²) in [7, 11) is 0. The lowest BCUT2D eigenvalue weighted by molar-refractivity contribution is -0.136. The SMILES string of the molecule is O=C1CCC(N2Cc3ccc(N4CCC(CN5CCC(n6cc7cc(NC(=O)c8csc9cncnc89)c(N8CCOCC8)cc7n6)CC5)CC4)cc3C2=O)C(=O)N1. The third-order valence-corrected chi connectivity index (χ3v) is 13.6. The Morgan fingerprint density at radius 1 is 0.948 bits per heavy atom. The molecule has 1 unspecified atom stereocenters. The van der Waals surface area contributed by atoms with Crippen LogP contribution in [0.15, 0.2) is 54.4 Å². The fourth-order valence-corrected chi connectivity index (χ4v) is 10.3. The first-order valence-corrected chi connectivity index (χ1v) is 21.3. The number of hydrogen-bond donors (Lipinski definition) is 2. The Kier molecular flexibility index (Phi) is 9.77. The van der Waals surface area contributed by atoms with E-state index in [4.69, 9.17) is 9.84 Å². The van der Waals surface area contributed by atoms with E-state index in [1.807, 2.05) is 17.5 Å². The highest BCUT2D eigenvalue weighted by Crippen LogP contribution is 2.36. The zero-order valence-electron chi connectivity index (χ0n) is 32.3. The van der Waals surface area contributed by atoms with Crippen molar-refractivity contribution in [2.75, 3.05) is 74.1 Å². The number of aromatic nitrogens is 4. The summed E-state index contributed by atoms with van der Waals surface area (Å²) in [6.45, 7) is 8.17. The van der Waals surface area contributed by atoms with Crippen molar-refractivity contribution in [1.29, 1.82) is 0 Å². The number of benzene rings is 2. The van der Waals surface area contributed by atoms with Crippen LogP contribution in [-0.2, 0) is 20.9 Å². The second-order valence-electron chi connectivity index (χ2n) is 16.2. The second-order valence-corrected chi connectivity index (χ2v) is 17.1. The van der Waals surface area contributed by atoms with Crippen molar-refractivity contribution < 1.29 is 23.9 Å². The van der Waals surface area contributed by atoms with Crippen LogP contribution in [0.4, 0.5) is 17.1 Å².